The lowest BCUT2D eigenvalue weighted by molar-refractivity contribution is 0.317. The number of nitrogens with two attached hydrogens (primary N) is 1. The second kappa shape index (κ2) is 5.99. The molecule has 0 spiro atoms. The zero-order chi connectivity index (χ0) is 11.4. The third-order valence-corrected chi connectivity index (χ3v) is 4.40. The molecule has 1 aromatic rings. The lowest BCUT2D eigenvalue weighted by atomic mass is 9.88. The summed E-state index contributed by atoms with van der Waals surface area (Å²) in [6.07, 6.45) is 0. The van der Waals surface area contributed by atoms with Crippen molar-refractivity contribution < 1.29 is 0 Å². The van der Waals surface area contributed by atoms with Crippen molar-refractivity contribution in [2.45, 2.75) is 19.9 Å². The van der Waals surface area contributed by atoms with Gasteiger partial charge >= 0.3 is 0 Å². The average molecular weight is 291 g/mol. The Kier molecular flexibility index (Phi) is 5.26. The molecule has 86 valence electrons. The first-order valence-electron chi connectivity index (χ1n) is 5.21. The predicted molar refractivity (Wildman–Crippen MR) is 71.2 cm³/mol. The van der Waals surface area contributed by atoms with Gasteiger partial charge in [0.25, 0.3) is 0 Å². The summed E-state index contributed by atoms with van der Waals surface area (Å²) in [6, 6.07) is 4.31. The Balaban J connectivity index is 2.75. The molecule has 0 saturated heterocycles. The van der Waals surface area contributed by atoms with E-state index in [1.807, 2.05) is 7.05 Å². The highest BCUT2D eigenvalue weighted by Gasteiger charge is 2.23. The summed E-state index contributed by atoms with van der Waals surface area (Å²) in [5, 5.41) is 3.22. The summed E-state index contributed by atoms with van der Waals surface area (Å²) in [7, 11) is 1.98. The van der Waals surface area contributed by atoms with E-state index in [-0.39, 0.29) is 6.04 Å². The van der Waals surface area contributed by atoms with Gasteiger partial charge in [0, 0.05) is 10.9 Å². The predicted octanol–water partition coefficient (Wildman–Crippen LogP) is 3.00. The van der Waals surface area contributed by atoms with Crippen LogP contribution in [-0.4, -0.2) is 13.6 Å². The minimum absolute atomic E-state index is 0.133. The van der Waals surface area contributed by atoms with E-state index in [9.17, 15) is 0 Å². The van der Waals surface area contributed by atoms with Crippen LogP contribution in [0.2, 0.25) is 0 Å². The van der Waals surface area contributed by atoms with Gasteiger partial charge in [0.1, 0.15) is 0 Å². The van der Waals surface area contributed by atoms with Gasteiger partial charge < -0.3 is 11.1 Å². The lowest BCUT2D eigenvalue weighted by Crippen LogP contribution is -2.32. The van der Waals surface area contributed by atoms with Gasteiger partial charge in [0.15, 0.2) is 0 Å². The largest absolute Gasteiger partial charge is 0.323 e. The number of rotatable bonds is 5. The number of thiophene rings is 1. The van der Waals surface area contributed by atoms with E-state index in [0.29, 0.717) is 11.8 Å². The fourth-order valence-electron chi connectivity index (χ4n) is 1.73. The molecule has 0 radical (unpaired) electrons. The van der Waals surface area contributed by atoms with E-state index >= 15 is 0 Å². The molecular formula is C11H19BrN2S. The highest BCUT2D eigenvalue weighted by Crippen LogP contribution is 2.32. The van der Waals surface area contributed by atoms with Crippen molar-refractivity contribution in [2.24, 2.45) is 17.6 Å². The minimum Gasteiger partial charge on any atom is -0.323 e. The first-order chi connectivity index (χ1) is 7.06. The van der Waals surface area contributed by atoms with E-state index in [2.05, 4.69) is 47.2 Å². The van der Waals surface area contributed by atoms with Crippen molar-refractivity contribution in [3.63, 3.8) is 0 Å². The van der Waals surface area contributed by atoms with Crippen LogP contribution in [0.3, 0.4) is 0 Å². The SMILES string of the molecule is CNCC(C(C)C)C(N)c1ccc(Br)s1. The van der Waals surface area contributed by atoms with E-state index in [1.165, 1.54) is 4.88 Å². The van der Waals surface area contributed by atoms with Crippen LogP contribution in [-0.2, 0) is 0 Å². The molecule has 3 N–H and O–H groups in total. The van der Waals surface area contributed by atoms with Crippen molar-refractivity contribution in [1.82, 2.24) is 5.32 Å². The molecule has 0 aliphatic heterocycles. The van der Waals surface area contributed by atoms with Crippen LogP contribution >= 0.6 is 27.3 Å². The second-order valence-corrected chi connectivity index (χ2v) is 6.63. The van der Waals surface area contributed by atoms with E-state index in [0.717, 1.165) is 10.3 Å². The molecule has 2 atom stereocenters. The van der Waals surface area contributed by atoms with Crippen LogP contribution in [0.5, 0.6) is 0 Å². The number of hydrogen-bond donors (Lipinski definition) is 2. The molecule has 0 bridgehead atoms. The Morgan fingerprint density at radius 2 is 2.13 bits per heavy atom. The fourth-order valence-corrected chi connectivity index (χ4v) is 3.23. The Labute approximate surface area is 104 Å². The molecule has 0 aromatic carbocycles. The molecule has 1 rings (SSSR count). The smallest absolute Gasteiger partial charge is 0.0701 e. The monoisotopic (exact) mass is 290 g/mol. The Morgan fingerprint density at radius 3 is 2.53 bits per heavy atom. The Hall–Kier alpha value is 0.1000. The molecule has 0 aliphatic carbocycles. The van der Waals surface area contributed by atoms with Crippen LogP contribution in [0.15, 0.2) is 15.9 Å². The molecule has 2 nitrogen and oxygen atoms in total. The first-order valence-corrected chi connectivity index (χ1v) is 6.82. The molecule has 4 heteroatoms. The van der Waals surface area contributed by atoms with Crippen molar-refractivity contribution in [1.29, 1.82) is 0 Å². The quantitative estimate of drug-likeness (QED) is 0.875. The average Bonchev–Trinajstić information content (AvgIpc) is 2.59. The van der Waals surface area contributed by atoms with Gasteiger partial charge in [-0.3, -0.25) is 0 Å². The highest BCUT2D eigenvalue weighted by molar-refractivity contribution is 9.11. The summed E-state index contributed by atoms with van der Waals surface area (Å²) < 4.78 is 1.15. The second-order valence-electron chi connectivity index (χ2n) is 4.13. The maximum atomic E-state index is 6.29. The third-order valence-electron chi connectivity index (χ3n) is 2.68. The molecule has 15 heavy (non-hydrogen) atoms. The molecule has 0 aliphatic rings. The van der Waals surface area contributed by atoms with Gasteiger partial charge in [0.05, 0.1) is 3.79 Å². The molecule has 1 aromatic heterocycles. The van der Waals surface area contributed by atoms with Gasteiger partial charge in [-0.15, -0.1) is 11.3 Å². The zero-order valence-corrected chi connectivity index (χ0v) is 11.9. The Bertz CT molecular complexity index is 299. The van der Waals surface area contributed by atoms with E-state index < -0.39 is 0 Å². The number of hydrogen-bond acceptors (Lipinski definition) is 3. The summed E-state index contributed by atoms with van der Waals surface area (Å²) in [6.45, 7) is 5.42. The van der Waals surface area contributed by atoms with Crippen molar-refractivity contribution >= 4 is 27.3 Å². The lowest BCUT2D eigenvalue weighted by Gasteiger charge is -2.26. The molecule has 1 heterocycles. The zero-order valence-electron chi connectivity index (χ0n) is 9.46. The maximum Gasteiger partial charge on any atom is 0.0701 e. The fraction of sp³-hybridized carbons (Fsp3) is 0.636. The van der Waals surface area contributed by atoms with Gasteiger partial charge in [0.2, 0.25) is 0 Å². The van der Waals surface area contributed by atoms with E-state index in [4.69, 9.17) is 5.73 Å². The van der Waals surface area contributed by atoms with Crippen molar-refractivity contribution in [3.8, 4) is 0 Å². The highest BCUT2D eigenvalue weighted by atomic mass is 79.9. The molecule has 0 saturated carbocycles. The normalized spacial score (nSPS) is 15.6. The van der Waals surface area contributed by atoms with Crippen LogP contribution < -0.4 is 11.1 Å². The van der Waals surface area contributed by atoms with Gasteiger partial charge in [-0.2, -0.15) is 0 Å². The summed E-state index contributed by atoms with van der Waals surface area (Å²) in [5.74, 6) is 1.08. The van der Waals surface area contributed by atoms with Crippen LogP contribution in [0.25, 0.3) is 0 Å². The van der Waals surface area contributed by atoms with Gasteiger partial charge in [-0.05, 0) is 53.5 Å². The molecule has 0 amide bonds. The standard InChI is InChI=1S/C11H19BrN2S/c1-7(2)8(6-14-3)11(13)9-4-5-10(12)15-9/h4-5,7-8,11,14H,6,13H2,1-3H3. The summed E-state index contributed by atoms with van der Waals surface area (Å²) in [5.41, 5.74) is 6.29. The van der Waals surface area contributed by atoms with Gasteiger partial charge in [-0.1, -0.05) is 13.8 Å². The summed E-state index contributed by atoms with van der Waals surface area (Å²) >= 11 is 5.20. The molecule has 0 fully saturated rings. The Morgan fingerprint density at radius 1 is 1.47 bits per heavy atom. The molecular weight excluding hydrogens is 272 g/mol. The van der Waals surface area contributed by atoms with Crippen LogP contribution in [0, 0.1) is 11.8 Å². The third kappa shape index (κ3) is 3.55. The number of nitrogens with one attached hydrogen (secondary N) is 1. The molecule has 2 unspecified atom stereocenters. The minimum atomic E-state index is 0.133. The van der Waals surface area contributed by atoms with Crippen LogP contribution in [0.4, 0.5) is 0 Å². The first kappa shape index (κ1) is 13.2. The van der Waals surface area contributed by atoms with Crippen LogP contribution in [0.1, 0.15) is 24.8 Å². The van der Waals surface area contributed by atoms with Gasteiger partial charge in [-0.25, -0.2) is 0 Å². The number of halogens is 1. The van der Waals surface area contributed by atoms with E-state index in [1.54, 1.807) is 11.3 Å². The topological polar surface area (TPSA) is 38.0 Å². The van der Waals surface area contributed by atoms with Crippen molar-refractivity contribution in [2.75, 3.05) is 13.6 Å². The maximum absolute atomic E-state index is 6.29. The van der Waals surface area contributed by atoms with Crippen molar-refractivity contribution in [3.05, 3.63) is 20.8 Å². The summed E-state index contributed by atoms with van der Waals surface area (Å²) in [4.78, 5) is 1.26.